The molecule has 0 aliphatic rings. The third-order valence-corrected chi connectivity index (χ3v) is 2.44. The minimum atomic E-state index is -4.56. The highest BCUT2D eigenvalue weighted by atomic mass is 79.9. The average Bonchev–Trinajstić information content (AvgIpc) is 2.08. The number of hydrogen-bond acceptors (Lipinski definition) is 2. The van der Waals surface area contributed by atoms with Crippen molar-refractivity contribution in [1.29, 1.82) is 0 Å². The van der Waals surface area contributed by atoms with Crippen LogP contribution in [0.4, 0.5) is 13.2 Å². The molecule has 0 aliphatic carbocycles. The van der Waals surface area contributed by atoms with Crippen LogP contribution in [0.3, 0.4) is 0 Å². The van der Waals surface area contributed by atoms with Gasteiger partial charge in [0.1, 0.15) is 11.8 Å². The van der Waals surface area contributed by atoms with Crippen molar-refractivity contribution in [3.63, 3.8) is 0 Å². The Labute approximate surface area is 93.0 Å². The predicted octanol–water partition coefficient (Wildman–Crippen LogP) is 3.03. The van der Waals surface area contributed by atoms with Crippen LogP contribution in [0.25, 0.3) is 0 Å². The molecule has 2 nitrogen and oxygen atoms in total. The Balaban J connectivity index is 3.25. The molecule has 0 aromatic heterocycles. The van der Waals surface area contributed by atoms with Gasteiger partial charge < -0.3 is 10.8 Å². The molecule has 0 heterocycles. The maximum Gasteiger partial charge on any atom is 0.407 e. The number of aromatic hydroxyl groups is 1. The van der Waals surface area contributed by atoms with Crippen LogP contribution >= 0.6 is 15.9 Å². The van der Waals surface area contributed by atoms with Gasteiger partial charge in [-0.2, -0.15) is 13.2 Å². The summed E-state index contributed by atoms with van der Waals surface area (Å²) in [6.45, 7) is 1.51. The van der Waals surface area contributed by atoms with Gasteiger partial charge in [-0.3, -0.25) is 0 Å². The third-order valence-electron chi connectivity index (χ3n) is 1.98. The average molecular weight is 284 g/mol. The number of nitrogens with two attached hydrogens (primary N) is 1. The molecule has 1 aromatic carbocycles. The Bertz CT molecular complexity index is 378. The molecule has 0 spiro atoms. The Kier molecular flexibility index (Phi) is 3.30. The van der Waals surface area contributed by atoms with E-state index in [4.69, 9.17) is 5.73 Å². The van der Waals surface area contributed by atoms with Gasteiger partial charge in [-0.1, -0.05) is 15.9 Å². The number of aryl methyl sites for hydroxylation is 1. The minimum Gasteiger partial charge on any atom is -0.507 e. The number of benzene rings is 1. The molecule has 0 bridgehead atoms. The number of hydrogen-bond donors (Lipinski definition) is 2. The highest BCUT2D eigenvalue weighted by Gasteiger charge is 2.39. The first-order valence-corrected chi connectivity index (χ1v) is 4.84. The number of phenolic OH excluding ortho intramolecular Hbond substituents is 1. The molecule has 6 heteroatoms. The van der Waals surface area contributed by atoms with Gasteiger partial charge in [0.05, 0.1) is 0 Å². The normalized spacial score (nSPS) is 14.0. The largest absolute Gasteiger partial charge is 0.507 e. The molecule has 3 N–H and O–H groups in total. The van der Waals surface area contributed by atoms with Gasteiger partial charge in [-0.25, -0.2) is 0 Å². The van der Waals surface area contributed by atoms with E-state index < -0.39 is 18.0 Å². The van der Waals surface area contributed by atoms with Crippen LogP contribution in [0.1, 0.15) is 17.2 Å². The van der Waals surface area contributed by atoms with Crippen molar-refractivity contribution in [2.75, 3.05) is 0 Å². The van der Waals surface area contributed by atoms with Crippen LogP contribution in [-0.4, -0.2) is 11.3 Å². The second kappa shape index (κ2) is 4.02. The van der Waals surface area contributed by atoms with Crippen LogP contribution in [-0.2, 0) is 0 Å². The zero-order valence-electron chi connectivity index (χ0n) is 7.77. The van der Waals surface area contributed by atoms with Crippen LogP contribution in [0.15, 0.2) is 16.6 Å². The van der Waals surface area contributed by atoms with Crippen LogP contribution in [0.5, 0.6) is 5.75 Å². The van der Waals surface area contributed by atoms with E-state index >= 15 is 0 Å². The summed E-state index contributed by atoms with van der Waals surface area (Å²) in [6, 6.07) is 0.510. The maximum absolute atomic E-state index is 12.3. The summed E-state index contributed by atoms with van der Waals surface area (Å²) in [4.78, 5) is 0. The fraction of sp³-hybridized carbons (Fsp3) is 0.333. The van der Waals surface area contributed by atoms with Gasteiger partial charge in [0.2, 0.25) is 0 Å². The first-order chi connectivity index (χ1) is 6.73. The van der Waals surface area contributed by atoms with Crippen molar-refractivity contribution in [2.24, 2.45) is 5.73 Å². The zero-order chi connectivity index (χ0) is 11.8. The lowest BCUT2D eigenvalue weighted by molar-refractivity contribution is -0.149. The number of phenols is 1. The number of rotatable bonds is 1. The predicted molar refractivity (Wildman–Crippen MR) is 53.5 cm³/mol. The molecule has 0 fully saturated rings. The van der Waals surface area contributed by atoms with Gasteiger partial charge in [-0.05, 0) is 24.6 Å². The molecular weight excluding hydrogens is 275 g/mol. The van der Waals surface area contributed by atoms with Gasteiger partial charge in [-0.15, -0.1) is 0 Å². The molecule has 1 rings (SSSR count). The van der Waals surface area contributed by atoms with Gasteiger partial charge >= 0.3 is 6.18 Å². The summed E-state index contributed by atoms with van der Waals surface area (Å²) in [5.41, 5.74) is 5.03. The smallest absolute Gasteiger partial charge is 0.407 e. The molecule has 1 atom stereocenters. The molecular formula is C9H9BrF3NO. The summed E-state index contributed by atoms with van der Waals surface area (Å²) < 4.78 is 37.4. The fourth-order valence-corrected chi connectivity index (χ4v) is 1.76. The van der Waals surface area contributed by atoms with Crippen molar-refractivity contribution in [1.82, 2.24) is 0 Å². The lowest BCUT2D eigenvalue weighted by atomic mass is 10.0. The maximum atomic E-state index is 12.3. The Morgan fingerprint density at radius 3 is 2.40 bits per heavy atom. The van der Waals surface area contributed by atoms with Gasteiger partial charge in [0, 0.05) is 10.0 Å². The topological polar surface area (TPSA) is 46.2 Å². The Hall–Kier alpha value is -0.750. The second-order valence-electron chi connectivity index (χ2n) is 3.18. The van der Waals surface area contributed by atoms with Crippen LogP contribution in [0.2, 0.25) is 0 Å². The van der Waals surface area contributed by atoms with Crippen molar-refractivity contribution in [3.05, 3.63) is 27.7 Å². The molecule has 0 radical (unpaired) electrons. The standard InChI is InChI=1S/C9H9BrF3NO/c1-4-2-5(10)3-6(7(4)15)8(14)9(11,12)13/h2-3,8,15H,14H2,1H3/t8-/m1/s1. The summed E-state index contributed by atoms with van der Waals surface area (Å²) in [5.74, 6) is -0.414. The van der Waals surface area contributed by atoms with Crippen molar-refractivity contribution in [2.45, 2.75) is 19.1 Å². The highest BCUT2D eigenvalue weighted by molar-refractivity contribution is 9.10. The summed E-state index contributed by atoms with van der Waals surface area (Å²) in [6.07, 6.45) is -4.56. The van der Waals surface area contributed by atoms with Gasteiger partial charge in [0.25, 0.3) is 0 Å². The van der Waals surface area contributed by atoms with E-state index in [0.29, 0.717) is 10.0 Å². The summed E-state index contributed by atoms with van der Waals surface area (Å²) >= 11 is 3.05. The molecule has 0 unspecified atom stereocenters. The number of halogens is 4. The Morgan fingerprint density at radius 2 is 1.93 bits per heavy atom. The fourth-order valence-electron chi connectivity index (χ4n) is 1.17. The SMILES string of the molecule is Cc1cc(Br)cc([C@@H](N)C(F)(F)F)c1O. The van der Waals surface area contributed by atoms with E-state index in [1.54, 1.807) is 0 Å². The van der Waals surface area contributed by atoms with E-state index in [0.717, 1.165) is 0 Å². The van der Waals surface area contributed by atoms with E-state index in [2.05, 4.69) is 15.9 Å². The lowest BCUT2D eigenvalue weighted by Crippen LogP contribution is -2.28. The first kappa shape index (κ1) is 12.3. The van der Waals surface area contributed by atoms with E-state index in [1.807, 2.05) is 0 Å². The molecule has 0 amide bonds. The van der Waals surface area contributed by atoms with Crippen molar-refractivity contribution >= 4 is 15.9 Å². The minimum absolute atomic E-state index is 0.325. The summed E-state index contributed by atoms with van der Waals surface area (Å²) in [7, 11) is 0. The zero-order valence-corrected chi connectivity index (χ0v) is 9.35. The first-order valence-electron chi connectivity index (χ1n) is 4.04. The third kappa shape index (κ3) is 2.63. The van der Waals surface area contributed by atoms with E-state index in [1.165, 1.54) is 19.1 Å². The van der Waals surface area contributed by atoms with Gasteiger partial charge in [0.15, 0.2) is 0 Å². The molecule has 0 saturated carbocycles. The van der Waals surface area contributed by atoms with E-state index in [-0.39, 0.29) is 5.56 Å². The Morgan fingerprint density at radius 1 is 1.40 bits per heavy atom. The van der Waals surface area contributed by atoms with Crippen molar-refractivity contribution in [3.8, 4) is 5.75 Å². The second-order valence-corrected chi connectivity index (χ2v) is 4.10. The molecule has 0 aliphatic heterocycles. The molecule has 0 saturated heterocycles. The molecule has 15 heavy (non-hydrogen) atoms. The lowest BCUT2D eigenvalue weighted by Gasteiger charge is -2.18. The molecule has 1 aromatic rings. The number of alkyl halides is 3. The quantitative estimate of drug-likeness (QED) is 0.832. The highest BCUT2D eigenvalue weighted by Crippen LogP contribution is 2.37. The van der Waals surface area contributed by atoms with E-state index in [9.17, 15) is 18.3 Å². The van der Waals surface area contributed by atoms with Crippen LogP contribution in [0, 0.1) is 6.92 Å². The van der Waals surface area contributed by atoms with Crippen molar-refractivity contribution < 1.29 is 18.3 Å². The monoisotopic (exact) mass is 283 g/mol. The van der Waals surface area contributed by atoms with Crippen LogP contribution < -0.4 is 5.73 Å². The summed E-state index contributed by atoms with van der Waals surface area (Å²) in [5, 5.41) is 9.45. The molecule has 84 valence electrons.